The second-order valence-electron chi connectivity index (χ2n) is 3.38. The number of hydrogen-bond acceptors (Lipinski definition) is 6. The van der Waals surface area contributed by atoms with Crippen LogP contribution in [0.15, 0.2) is 0 Å². The fraction of sp³-hybridized carbons (Fsp3) is 0.556. The summed E-state index contributed by atoms with van der Waals surface area (Å²) in [7, 11) is 0. The molecule has 1 aliphatic heterocycles. The molecule has 8 nitrogen and oxygen atoms in total. The number of amides is 2. The van der Waals surface area contributed by atoms with E-state index in [9.17, 15) is 19.2 Å². The molecule has 0 unspecified atom stereocenters. The molecule has 0 aromatic rings. The van der Waals surface area contributed by atoms with E-state index in [-0.39, 0.29) is 6.67 Å². The lowest BCUT2D eigenvalue weighted by molar-refractivity contribution is -0.180. The summed E-state index contributed by atoms with van der Waals surface area (Å²) in [4.78, 5) is 45.3. The number of nitrogens with zero attached hydrogens (tertiary/aromatic N) is 2. The average molecular weight is 244 g/mol. The fourth-order valence-corrected chi connectivity index (χ4v) is 1.46. The molecule has 0 N–H and O–H groups in total. The fourth-order valence-electron chi connectivity index (χ4n) is 1.46. The topological polar surface area (TPSA) is 93.2 Å². The third-order valence-corrected chi connectivity index (χ3v) is 2.07. The summed E-state index contributed by atoms with van der Waals surface area (Å²) < 4.78 is 9.68. The largest absolute Gasteiger partial charge is 0.435 e. The minimum absolute atomic E-state index is 0.108. The van der Waals surface area contributed by atoms with Crippen LogP contribution in [0, 0.1) is 0 Å². The monoisotopic (exact) mass is 244 g/mol. The highest BCUT2D eigenvalue weighted by atomic mass is 16.6. The Morgan fingerprint density at radius 3 is 1.59 bits per heavy atom. The van der Waals surface area contributed by atoms with Gasteiger partial charge in [-0.2, -0.15) is 0 Å². The first-order valence-corrected chi connectivity index (χ1v) is 4.76. The standard InChI is InChI=1S/C9H12N2O6/c1-6(14)16-8-9(17-7(2)15)11(5-13)3-10(8)4-12/h4-5,8-9H,3H2,1-2H3/t8-,9-/m0/s1. The summed E-state index contributed by atoms with van der Waals surface area (Å²) in [6.07, 6.45) is -1.40. The van der Waals surface area contributed by atoms with Gasteiger partial charge in [0.15, 0.2) is 0 Å². The van der Waals surface area contributed by atoms with Crippen molar-refractivity contribution in [3.05, 3.63) is 0 Å². The highest BCUT2D eigenvalue weighted by Gasteiger charge is 2.43. The van der Waals surface area contributed by atoms with E-state index in [1.165, 1.54) is 0 Å². The van der Waals surface area contributed by atoms with Crippen molar-refractivity contribution in [3.63, 3.8) is 0 Å². The summed E-state index contributed by atoms with van der Waals surface area (Å²) in [6, 6.07) is 0. The van der Waals surface area contributed by atoms with Gasteiger partial charge >= 0.3 is 11.9 Å². The van der Waals surface area contributed by atoms with Crippen LogP contribution < -0.4 is 0 Å². The Kier molecular flexibility index (Phi) is 4.02. The van der Waals surface area contributed by atoms with Gasteiger partial charge in [-0.1, -0.05) is 0 Å². The Morgan fingerprint density at radius 2 is 1.35 bits per heavy atom. The summed E-state index contributed by atoms with van der Waals surface area (Å²) in [5.74, 6) is -1.29. The molecule has 1 saturated heterocycles. The van der Waals surface area contributed by atoms with E-state index in [1.807, 2.05) is 0 Å². The van der Waals surface area contributed by atoms with Crippen LogP contribution in [-0.4, -0.2) is 53.7 Å². The molecule has 0 spiro atoms. The molecule has 94 valence electrons. The third-order valence-electron chi connectivity index (χ3n) is 2.07. The number of esters is 2. The Bertz CT molecular complexity index is 312. The lowest BCUT2D eigenvalue weighted by atomic mass is 10.4. The summed E-state index contributed by atoms with van der Waals surface area (Å²) in [5, 5.41) is 0. The van der Waals surface area contributed by atoms with Gasteiger partial charge in [0.05, 0.1) is 0 Å². The van der Waals surface area contributed by atoms with E-state index in [4.69, 9.17) is 9.47 Å². The molecular weight excluding hydrogens is 232 g/mol. The highest BCUT2D eigenvalue weighted by Crippen LogP contribution is 2.20. The van der Waals surface area contributed by atoms with Crippen LogP contribution in [0.3, 0.4) is 0 Å². The molecule has 0 bridgehead atoms. The Balaban J connectivity index is 2.89. The quantitative estimate of drug-likeness (QED) is 0.448. The minimum atomic E-state index is -1.11. The summed E-state index contributed by atoms with van der Waals surface area (Å²) in [5.41, 5.74) is 0. The number of carbonyl (C=O) groups excluding carboxylic acids is 4. The first-order valence-electron chi connectivity index (χ1n) is 4.76. The number of rotatable bonds is 4. The van der Waals surface area contributed by atoms with Crippen LogP contribution in [-0.2, 0) is 28.7 Å². The Labute approximate surface area is 97.0 Å². The summed E-state index contributed by atoms with van der Waals surface area (Å²) in [6.45, 7) is 2.19. The van der Waals surface area contributed by atoms with Crippen LogP contribution in [0.4, 0.5) is 0 Å². The SMILES string of the molecule is CC(=O)O[C@H]1[C@H](OC(C)=O)N(C=O)CN1C=O. The lowest BCUT2D eigenvalue weighted by Crippen LogP contribution is -2.42. The molecular formula is C9H12N2O6. The van der Waals surface area contributed by atoms with Gasteiger partial charge in [0, 0.05) is 13.8 Å². The molecule has 17 heavy (non-hydrogen) atoms. The van der Waals surface area contributed by atoms with Crippen LogP contribution in [0.25, 0.3) is 0 Å². The van der Waals surface area contributed by atoms with Crippen LogP contribution in [0.1, 0.15) is 13.8 Å². The first kappa shape index (κ1) is 12.9. The molecule has 0 saturated carbocycles. The van der Waals surface area contributed by atoms with Crippen molar-refractivity contribution in [1.82, 2.24) is 9.80 Å². The van der Waals surface area contributed by atoms with Crippen molar-refractivity contribution in [1.29, 1.82) is 0 Å². The predicted molar refractivity (Wildman–Crippen MR) is 51.8 cm³/mol. The van der Waals surface area contributed by atoms with Gasteiger partial charge in [-0.3, -0.25) is 29.0 Å². The number of hydrogen-bond donors (Lipinski definition) is 0. The van der Waals surface area contributed by atoms with Crippen molar-refractivity contribution < 1.29 is 28.7 Å². The summed E-state index contributed by atoms with van der Waals surface area (Å²) >= 11 is 0. The molecule has 1 heterocycles. The van der Waals surface area contributed by atoms with Gasteiger partial charge in [-0.15, -0.1) is 0 Å². The molecule has 1 rings (SSSR count). The van der Waals surface area contributed by atoms with E-state index >= 15 is 0 Å². The zero-order chi connectivity index (χ0) is 13.0. The Morgan fingerprint density at radius 1 is 1.00 bits per heavy atom. The van der Waals surface area contributed by atoms with Gasteiger partial charge < -0.3 is 9.47 Å². The molecule has 0 aromatic carbocycles. The molecule has 1 fully saturated rings. The third kappa shape index (κ3) is 2.92. The molecule has 0 aliphatic carbocycles. The smallest absolute Gasteiger partial charge is 0.304 e. The van der Waals surface area contributed by atoms with E-state index in [1.54, 1.807) is 0 Å². The molecule has 0 aromatic heterocycles. The van der Waals surface area contributed by atoms with Crippen LogP contribution in [0.5, 0.6) is 0 Å². The van der Waals surface area contributed by atoms with Crippen molar-refractivity contribution in [2.45, 2.75) is 26.3 Å². The van der Waals surface area contributed by atoms with Gasteiger partial charge in [0.2, 0.25) is 25.3 Å². The molecule has 2 amide bonds. The van der Waals surface area contributed by atoms with Crippen molar-refractivity contribution in [3.8, 4) is 0 Å². The lowest BCUT2D eigenvalue weighted by Gasteiger charge is -2.23. The zero-order valence-electron chi connectivity index (χ0n) is 9.36. The predicted octanol–water partition coefficient (Wildman–Crippen LogP) is -1.35. The van der Waals surface area contributed by atoms with Gasteiger partial charge in [-0.25, -0.2) is 0 Å². The van der Waals surface area contributed by atoms with Crippen molar-refractivity contribution in [2.75, 3.05) is 6.67 Å². The van der Waals surface area contributed by atoms with E-state index in [2.05, 4.69) is 0 Å². The van der Waals surface area contributed by atoms with E-state index in [0.717, 1.165) is 23.6 Å². The van der Waals surface area contributed by atoms with Gasteiger partial charge in [0.25, 0.3) is 0 Å². The normalized spacial score (nSPS) is 23.2. The molecule has 1 aliphatic rings. The van der Waals surface area contributed by atoms with Crippen molar-refractivity contribution in [2.24, 2.45) is 0 Å². The van der Waals surface area contributed by atoms with E-state index in [0.29, 0.717) is 12.8 Å². The maximum atomic E-state index is 10.9. The molecule has 8 heteroatoms. The van der Waals surface area contributed by atoms with Crippen molar-refractivity contribution >= 4 is 24.8 Å². The molecule has 0 radical (unpaired) electrons. The average Bonchev–Trinajstić information content (AvgIpc) is 2.55. The number of carbonyl (C=O) groups is 4. The Hall–Kier alpha value is -2.12. The highest BCUT2D eigenvalue weighted by molar-refractivity contribution is 5.68. The van der Waals surface area contributed by atoms with Gasteiger partial charge in [-0.05, 0) is 0 Å². The van der Waals surface area contributed by atoms with Crippen LogP contribution >= 0.6 is 0 Å². The maximum absolute atomic E-state index is 10.9. The zero-order valence-corrected chi connectivity index (χ0v) is 9.36. The van der Waals surface area contributed by atoms with E-state index < -0.39 is 24.4 Å². The van der Waals surface area contributed by atoms with Gasteiger partial charge in [0.1, 0.15) is 6.67 Å². The minimum Gasteiger partial charge on any atom is -0.435 e. The molecule has 2 atom stereocenters. The second kappa shape index (κ2) is 5.28. The maximum Gasteiger partial charge on any atom is 0.304 e. The second-order valence-corrected chi connectivity index (χ2v) is 3.38. The van der Waals surface area contributed by atoms with Crippen LogP contribution in [0.2, 0.25) is 0 Å². The number of ether oxygens (including phenoxy) is 2. The first-order chi connectivity index (χ1) is 7.99.